The Morgan fingerprint density at radius 2 is 1.93 bits per heavy atom. The molecule has 1 aliphatic rings. The van der Waals surface area contributed by atoms with Gasteiger partial charge in [-0.15, -0.1) is 0 Å². The molecule has 1 amide bonds. The molecule has 1 unspecified atom stereocenters. The first kappa shape index (κ1) is 17.5. The highest BCUT2D eigenvalue weighted by molar-refractivity contribution is 5.94. The van der Waals surface area contributed by atoms with Gasteiger partial charge in [0.05, 0.1) is 0 Å². The van der Waals surface area contributed by atoms with Gasteiger partial charge >= 0.3 is 0 Å². The van der Waals surface area contributed by atoms with Crippen LogP contribution in [0.3, 0.4) is 0 Å². The summed E-state index contributed by atoms with van der Waals surface area (Å²) in [6.45, 7) is 3.58. The fraction of sp³-hybridized carbons (Fsp3) is 0.318. The maximum absolute atomic E-state index is 12.7. The third kappa shape index (κ3) is 3.92. The summed E-state index contributed by atoms with van der Waals surface area (Å²) in [4.78, 5) is 19.2. The highest BCUT2D eigenvalue weighted by Crippen LogP contribution is 2.24. The number of carbonyl (C=O) groups excluding carboxylic acids is 1. The van der Waals surface area contributed by atoms with E-state index in [0.717, 1.165) is 42.6 Å². The number of aryl methyl sites for hydroxylation is 1. The summed E-state index contributed by atoms with van der Waals surface area (Å²) in [6.07, 6.45) is 2.78. The van der Waals surface area contributed by atoms with Crippen molar-refractivity contribution in [3.05, 3.63) is 71.6 Å². The van der Waals surface area contributed by atoms with Crippen molar-refractivity contribution in [2.75, 3.05) is 13.1 Å². The van der Waals surface area contributed by atoms with Gasteiger partial charge in [0.1, 0.15) is 0 Å². The average molecular weight is 361 g/mol. The van der Waals surface area contributed by atoms with Crippen molar-refractivity contribution in [1.29, 1.82) is 0 Å². The predicted octanol–water partition coefficient (Wildman–Crippen LogP) is 4.14. The zero-order chi connectivity index (χ0) is 18.6. The summed E-state index contributed by atoms with van der Waals surface area (Å²) in [5, 5.41) is 4.15. The maximum atomic E-state index is 12.7. The van der Waals surface area contributed by atoms with Gasteiger partial charge in [-0.25, -0.2) is 0 Å². The van der Waals surface area contributed by atoms with E-state index in [4.69, 9.17) is 4.52 Å². The molecule has 2 heterocycles. The summed E-state index contributed by atoms with van der Waals surface area (Å²) >= 11 is 0. The number of hydrogen-bond donors (Lipinski definition) is 0. The van der Waals surface area contributed by atoms with E-state index in [9.17, 15) is 4.79 Å². The van der Waals surface area contributed by atoms with Gasteiger partial charge in [-0.3, -0.25) is 4.79 Å². The van der Waals surface area contributed by atoms with Crippen LogP contribution >= 0.6 is 0 Å². The van der Waals surface area contributed by atoms with E-state index in [1.54, 1.807) is 0 Å². The Bertz CT molecular complexity index is 920. The molecule has 3 aromatic rings. The number of benzene rings is 2. The van der Waals surface area contributed by atoms with Crippen molar-refractivity contribution in [1.82, 2.24) is 15.0 Å². The lowest BCUT2D eigenvalue weighted by Crippen LogP contribution is -2.40. The first-order valence-electron chi connectivity index (χ1n) is 9.43. The summed E-state index contributed by atoms with van der Waals surface area (Å²) in [6, 6.07) is 17.5. The number of aromatic nitrogens is 2. The van der Waals surface area contributed by atoms with Crippen LogP contribution in [0, 0.1) is 12.8 Å². The van der Waals surface area contributed by atoms with Crippen LogP contribution in [-0.4, -0.2) is 34.0 Å². The van der Waals surface area contributed by atoms with Gasteiger partial charge in [-0.2, -0.15) is 4.98 Å². The SMILES string of the molecule is Cc1ccccc1-c1noc(CC2CCCN(C(=O)c3ccccc3)C2)n1. The van der Waals surface area contributed by atoms with E-state index >= 15 is 0 Å². The molecule has 1 fully saturated rings. The maximum Gasteiger partial charge on any atom is 0.253 e. The van der Waals surface area contributed by atoms with Crippen LogP contribution in [0.2, 0.25) is 0 Å². The van der Waals surface area contributed by atoms with Crippen LogP contribution in [0.4, 0.5) is 0 Å². The van der Waals surface area contributed by atoms with Crippen molar-refractivity contribution in [3.8, 4) is 11.4 Å². The molecule has 1 aliphatic heterocycles. The highest BCUT2D eigenvalue weighted by atomic mass is 16.5. The molecular formula is C22H23N3O2. The number of likely N-dealkylation sites (tertiary alicyclic amines) is 1. The van der Waals surface area contributed by atoms with Crippen LogP contribution in [0.5, 0.6) is 0 Å². The first-order chi connectivity index (χ1) is 13.2. The van der Waals surface area contributed by atoms with E-state index in [0.29, 0.717) is 24.1 Å². The Morgan fingerprint density at radius 1 is 1.15 bits per heavy atom. The Kier molecular flexibility index (Phi) is 5.01. The van der Waals surface area contributed by atoms with Gasteiger partial charge in [0.25, 0.3) is 5.91 Å². The minimum absolute atomic E-state index is 0.103. The number of carbonyl (C=O) groups is 1. The zero-order valence-electron chi connectivity index (χ0n) is 15.5. The quantitative estimate of drug-likeness (QED) is 0.701. The Morgan fingerprint density at radius 3 is 2.74 bits per heavy atom. The Hall–Kier alpha value is -2.95. The summed E-state index contributed by atoms with van der Waals surface area (Å²) in [5.41, 5.74) is 2.87. The topological polar surface area (TPSA) is 59.2 Å². The molecule has 1 atom stereocenters. The van der Waals surface area contributed by atoms with Crippen molar-refractivity contribution in [2.24, 2.45) is 5.92 Å². The first-order valence-corrected chi connectivity index (χ1v) is 9.43. The largest absolute Gasteiger partial charge is 0.339 e. The van der Waals surface area contributed by atoms with Crippen molar-refractivity contribution < 1.29 is 9.32 Å². The molecule has 0 bridgehead atoms. The normalized spacial score (nSPS) is 17.1. The Balaban J connectivity index is 1.43. The molecule has 0 spiro atoms. The van der Waals surface area contributed by atoms with Gasteiger partial charge in [0, 0.05) is 30.6 Å². The minimum Gasteiger partial charge on any atom is -0.339 e. The molecule has 138 valence electrons. The third-order valence-corrected chi connectivity index (χ3v) is 5.14. The molecule has 0 saturated carbocycles. The average Bonchev–Trinajstić information content (AvgIpc) is 3.17. The van der Waals surface area contributed by atoms with Crippen LogP contribution in [-0.2, 0) is 6.42 Å². The molecule has 1 saturated heterocycles. The highest BCUT2D eigenvalue weighted by Gasteiger charge is 2.26. The standard InChI is InChI=1S/C22H23N3O2/c1-16-8-5-6-12-19(16)21-23-20(27-24-21)14-17-9-7-13-25(15-17)22(26)18-10-3-2-4-11-18/h2-6,8,10-12,17H,7,9,13-15H2,1H3. The molecule has 4 rings (SSSR count). The van der Waals surface area contributed by atoms with E-state index in [-0.39, 0.29) is 5.91 Å². The second kappa shape index (κ2) is 7.74. The molecule has 1 aromatic heterocycles. The van der Waals surface area contributed by atoms with Crippen molar-refractivity contribution >= 4 is 5.91 Å². The molecular weight excluding hydrogens is 338 g/mol. The number of nitrogens with zero attached hydrogens (tertiary/aromatic N) is 3. The number of piperidine rings is 1. The molecule has 0 radical (unpaired) electrons. The molecule has 27 heavy (non-hydrogen) atoms. The number of hydrogen-bond acceptors (Lipinski definition) is 4. The van der Waals surface area contributed by atoms with Gasteiger partial charge in [0.2, 0.25) is 11.7 Å². The van der Waals surface area contributed by atoms with Crippen molar-refractivity contribution in [2.45, 2.75) is 26.2 Å². The van der Waals surface area contributed by atoms with Gasteiger partial charge in [0.15, 0.2) is 0 Å². The molecule has 0 N–H and O–H groups in total. The molecule has 0 aliphatic carbocycles. The van der Waals surface area contributed by atoms with Crippen LogP contribution in [0.1, 0.15) is 34.7 Å². The second-order valence-electron chi connectivity index (χ2n) is 7.16. The van der Waals surface area contributed by atoms with E-state index in [1.807, 2.05) is 66.4 Å². The van der Waals surface area contributed by atoms with E-state index < -0.39 is 0 Å². The molecule has 5 nitrogen and oxygen atoms in total. The fourth-order valence-corrected chi connectivity index (χ4v) is 3.70. The zero-order valence-corrected chi connectivity index (χ0v) is 15.5. The summed E-state index contributed by atoms with van der Waals surface area (Å²) in [7, 11) is 0. The summed E-state index contributed by atoms with van der Waals surface area (Å²) < 4.78 is 5.49. The molecule has 5 heteroatoms. The van der Waals surface area contributed by atoms with Crippen LogP contribution < -0.4 is 0 Å². The van der Waals surface area contributed by atoms with Gasteiger partial charge < -0.3 is 9.42 Å². The fourth-order valence-electron chi connectivity index (χ4n) is 3.70. The van der Waals surface area contributed by atoms with Gasteiger partial charge in [-0.1, -0.05) is 47.6 Å². The lowest BCUT2D eigenvalue weighted by Gasteiger charge is -2.32. The van der Waals surface area contributed by atoms with Crippen molar-refractivity contribution in [3.63, 3.8) is 0 Å². The van der Waals surface area contributed by atoms with Gasteiger partial charge in [-0.05, 0) is 43.4 Å². The lowest BCUT2D eigenvalue weighted by molar-refractivity contribution is 0.0668. The number of rotatable bonds is 4. The Labute approximate surface area is 159 Å². The molecule has 2 aromatic carbocycles. The summed E-state index contributed by atoms with van der Waals surface area (Å²) in [5.74, 6) is 1.73. The monoisotopic (exact) mass is 361 g/mol. The van der Waals surface area contributed by atoms with E-state index in [2.05, 4.69) is 10.1 Å². The van der Waals surface area contributed by atoms with E-state index in [1.165, 1.54) is 0 Å². The number of amides is 1. The predicted molar refractivity (Wildman–Crippen MR) is 103 cm³/mol. The van der Waals surface area contributed by atoms with Crippen LogP contribution in [0.25, 0.3) is 11.4 Å². The smallest absolute Gasteiger partial charge is 0.253 e. The second-order valence-corrected chi connectivity index (χ2v) is 7.16. The lowest BCUT2D eigenvalue weighted by atomic mass is 9.94. The van der Waals surface area contributed by atoms with Crippen LogP contribution in [0.15, 0.2) is 59.1 Å². The minimum atomic E-state index is 0.103. The third-order valence-electron chi connectivity index (χ3n) is 5.14.